The number of likely N-dealkylation sites (tertiary alicyclic amines) is 1. The van der Waals surface area contributed by atoms with E-state index >= 15 is 0 Å². The van der Waals surface area contributed by atoms with Gasteiger partial charge in [-0.1, -0.05) is 50.2 Å². The molecule has 0 aliphatic carbocycles. The van der Waals surface area contributed by atoms with Gasteiger partial charge < -0.3 is 29.4 Å². The molecule has 3 aromatic carbocycles. The Morgan fingerprint density at radius 1 is 0.951 bits per heavy atom. The SMILES string of the molecule is CCOc1ccc([C@@H]2[C@@H](OC(=O)O)[C@@H](c3ccc4c(c3)OCO4)CN2CC(=O)Nc2c(CC)cccc2CC)cc1. The number of hydrogen-bond acceptors (Lipinski definition) is 7. The number of benzene rings is 3. The highest BCUT2D eigenvalue weighted by Crippen LogP contribution is 2.45. The van der Waals surface area contributed by atoms with Gasteiger partial charge in [0.25, 0.3) is 0 Å². The van der Waals surface area contributed by atoms with Crippen LogP contribution in [0, 0.1) is 0 Å². The third-order valence-electron chi connectivity index (χ3n) is 7.74. The van der Waals surface area contributed by atoms with Crippen LogP contribution in [0.3, 0.4) is 0 Å². The summed E-state index contributed by atoms with van der Waals surface area (Å²) in [5, 5.41) is 12.9. The fourth-order valence-electron chi connectivity index (χ4n) is 5.86. The highest BCUT2D eigenvalue weighted by atomic mass is 16.7. The van der Waals surface area contributed by atoms with Crippen molar-refractivity contribution >= 4 is 17.7 Å². The molecule has 1 amide bonds. The quantitative estimate of drug-likeness (QED) is 0.301. The molecule has 1 fully saturated rings. The fraction of sp³-hybridized carbons (Fsp3) is 0.375. The molecule has 2 N–H and O–H groups in total. The summed E-state index contributed by atoms with van der Waals surface area (Å²) in [5.74, 6) is 1.44. The van der Waals surface area contributed by atoms with Gasteiger partial charge in [0.15, 0.2) is 11.5 Å². The summed E-state index contributed by atoms with van der Waals surface area (Å²) >= 11 is 0. The summed E-state index contributed by atoms with van der Waals surface area (Å²) in [4.78, 5) is 27.5. The van der Waals surface area contributed by atoms with Gasteiger partial charge in [-0.2, -0.15) is 0 Å². The summed E-state index contributed by atoms with van der Waals surface area (Å²) in [6.45, 7) is 7.17. The Morgan fingerprint density at radius 3 is 2.29 bits per heavy atom. The van der Waals surface area contributed by atoms with Crippen LogP contribution in [0.25, 0.3) is 0 Å². The Balaban J connectivity index is 1.49. The molecule has 9 heteroatoms. The first-order valence-electron chi connectivity index (χ1n) is 14.1. The van der Waals surface area contributed by atoms with E-state index in [2.05, 4.69) is 19.2 Å². The zero-order valence-corrected chi connectivity index (χ0v) is 23.6. The molecule has 3 atom stereocenters. The Labute approximate surface area is 240 Å². The number of fused-ring (bicyclic) bond motifs is 1. The molecule has 216 valence electrons. The van der Waals surface area contributed by atoms with Gasteiger partial charge in [-0.25, -0.2) is 4.79 Å². The molecular formula is C32H36N2O7. The minimum Gasteiger partial charge on any atom is -0.494 e. The van der Waals surface area contributed by atoms with E-state index in [9.17, 15) is 14.7 Å². The van der Waals surface area contributed by atoms with Crippen LogP contribution in [0.5, 0.6) is 17.2 Å². The largest absolute Gasteiger partial charge is 0.506 e. The van der Waals surface area contributed by atoms with E-state index in [1.807, 2.05) is 72.5 Å². The Morgan fingerprint density at radius 2 is 1.63 bits per heavy atom. The summed E-state index contributed by atoms with van der Waals surface area (Å²) in [7, 11) is 0. The smallest absolute Gasteiger partial charge is 0.494 e. The molecule has 9 nitrogen and oxygen atoms in total. The number of nitrogens with one attached hydrogen (secondary N) is 1. The summed E-state index contributed by atoms with van der Waals surface area (Å²) in [6.07, 6.45) is -0.550. The van der Waals surface area contributed by atoms with Crippen LogP contribution in [-0.2, 0) is 22.4 Å². The number of nitrogens with zero attached hydrogens (tertiary/aromatic N) is 1. The second-order valence-corrected chi connectivity index (χ2v) is 10.2. The van der Waals surface area contributed by atoms with Crippen molar-refractivity contribution in [2.75, 3.05) is 31.8 Å². The van der Waals surface area contributed by atoms with E-state index in [1.54, 1.807) is 0 Å². The minimum atomic E-state index is -1.37. The molecule has 0 aromatic heterocycles. The third kappa shape index (κ3) is 6.10. The zero-order valence-electron chi connectivity index (χ0n) is 23.6. The van der Waals surface area contributed by atoms with Crippen molar-refractivity contribution in [3.8, 4) is 17.2 Å². The van der Waals surface area contributed by atoms with Crippen molar-refractivity contribution in [2.45, 2.75) is 51.7 Å². The van der Waals surface area contributed by atoms with Gasteiger partial charge >= 0.3 is 6.16 Å². The second kappa shape index (κ2) is 12.5. The molecule has 1 saturated heterocycles. The number of hydrogen-bond donors (Lipinski definition) is 2. The molecule has 0 saturated carbocycles. The van der Waals surface area contributed by atoms with Crippen molar-refractivity contribution in [3.63, 3.8) is 0 Å². The number of ether oxygens (including phenoxy) is 4. The Bertz CT molecular complexity index is 1370. The van der Waals surface area contributed by atoms with Gasteiger partial charge in [0.05, 0.1) is 19.2 Å². The van der Waals surface area contributed by atoms with Crippen LogP contribution < -0.4 is 19.5 Å². The van der Waals surface area contributed by atoms with Crippen LogP contribution in [0.15, 0.2) is 60.7 Å². The normalized spacial score (nSPS) is 19.6. The van der Waals surface area contributed by atoms with Crippen LogP contribution in [-0.4, -0.2) is 54.7 Å². The number of carbonyl (C=O) groups excluding carboxylic acids is 1. The molecule has 0 bridgehead atoms. The number of carbonyl (C=O) groups is 2. The standard InChI is InChI=1S/C32H36N2O7/c1-4-20-8-7-9-21(5-2)29(20)33-28(35)18-34-17-25(23-12-15-26-27(16-23)40-19-39-26)31(41-32(36)37)30(34)22-10-13-24(14-11-22)38-6-3/h7-16,25,30-31H,4-6,17-19H2,1-3H3,(H,33,35)(H,36,37)/t25-,30-,31+/m1/s1. The second-order valence-electron chi connectivity index (χ2n) is 10.2. The first kappa shape index (κ1) is 28.3. The number of rotatable bonds is 10. The van der Waals surface area contributed by atoms with E-state index in [-0.39, 0.29) is 25.2 Å². The number of carboxylic acid groups (broad SMARTS) is 1. The van der Waals surface area contributed by atoms with Gasteiger partial charge in [0.2, 0.25) is 12.7 Å². The first-order chi connectivity index (χ1) is 19.9. The number of amides is 1. The molecule has 2 aliphatic rings. The third-order valence-corrected chi connectivity index (χ3v) is 7.74. The zero-order chi connectivity index (χ0) is 28.9. The lowest BCUT2D eigenvalue weighted by Gasteiger charge is -2.28. The van der Waals surface area contributed by atoms with Gasteiger partial charge in [0, 0.05) is 18.2 Å². The lowest BCUT2D eigenvalue weighted by atomic mass is 9.90. The van der Waals surface area contributed by atoms with Crippen molar-refractivity contribution < 1.29 is 33.6 Å². The van der Waals surface area contributed by atoms with E-state index in [4.69, 9.17) is 18.9 Å². The van der Waals surface area contributed by atoms with Crippen LogP contribution >= 0.6 is 0 Å². The maximum Gasteiger partial charge on any atom is 0.506 e. The lowest BCUT2D eigenvalue weighted by Crippen LogP contribution is -2.36. The van der Waals surface area contributed by atoms with Crippen molar-refractivity contribution in [1.29, 1.82) is 0 Å². The van der Waals surface area contributed by atoms with E-state index in [0.717, 1.165) is 40.8 Å². The Kier molecular flexibility index (Phi) is 8.64. The molecule has 2 aliphatic heterocycles. The van der Waals surface area contributed by atoms with Gasteiger partial charge in [0.1, 0.15) is 11.9 Å². The van der Waals surface area contributed by atoms with Crippen LogP contribution in [0.4, 0.5) is 10.5 Å². The van der Waals surface area contributed by atoms with Crippen molar-refractivity contribution in [3.05, 3.63) is 82.9 Å². The number of para-hydroxylation sites is 1. The lowest BCUT2D eigenvalue weighted by molar-refractivity contribution is -0.117. The Hall–Kier alpha value is -4.24. The van der Waals surface area contributed by atoms with Gasteiger partial charge in [-0.05, 0) is 66.3 Å². The number of aryl methyl sites for hydroxylation is 2. The maximum atomic E-state index is 13.6. The predicted molar refractivity (Wildman–Crippen MR) is 154 cm³/mol. The minimum absolute atomic E-state index is 0.0552. The van der Waals surface area contributed by atoms with Crippen LogP contribution in [0.2, 0.25) is 0 Å². The van der Waals surface area contributed by atoms with Crippen molar-refractivity contribution in [2.24, 2.45) is 0 Å². The van der Waals surface area contributed by atoms with E-state index in [0.29, 0.717) is 30.4 Å². The average molecular weight is 561 g/mol. The summed E-state index contributed by atoms with van der Waals surface area (Å²) in [5.41, 5.74) is 4.69. The summed E-state index contributed by atoms with van der Waals surface area (Å²) in [6, 6.07) is 18.7. The molecule has 0 unspecified atom stereocenters. The highest BCUT2D eigenvalue weighted by Gasteiger charge is 2.46. The average Bonchev–Trinajstić information content (AvgIpc) is 3.57. The maximum absolute atomic E-state index is 13.6. The molecular weight excluding hydrogens is 524 g/mol. The molecule has 0 radical (unpaired) electrons. The first-order valence-corrected chi connectivity index (χ1v) is 14.1. The van der Waals surface area contributed by atoms with Crippen LogP contribution in [0.1, 0.15) is 55.0 Å². The molecule has 3 aromatic rings. The highest BCUT2D eigenvalue weighted by molar-refractivity contribution is 5.94. The van der Waals surface area contributed by atoms with Gasteiger partial charge in [-0.3, -0.25) is 9.69 Å². The molecule has 41 heavy (non-hydrogen) atoms. The topological polar surface area (TPSA) is 107 Å². The predicted octanol–water partition coefficient (Wildman–Crippen LogP) is 5.78. The van der Waals surface area contributed by atoms with E-state index in [1.165, 1.54) is 0 Å². The van der Waals surface area contributed by atoms with Gasteiger partial charge in [-0.15, -0.1) is 0 Å². The molecule has 5 rings (SSSR count). The molecule has 2 heterocycles. The molecule has 0 spiro atoms. The monoisotopic (exact) mass is 560 g/mol. The summed E-state index contributed by atoms with van der Waals surface area (Å²) < 4.78 is 22.3. The van der Waals surface area contributed by atoms with Crippen molar-refractivity contribution in [1.82, 2.24) is 4.90 Å². The fourth-order valence-corrected chi connectivity index (χ4v) is 5.86. The number of anilines is 1. The van der Waals surface area contributed by atoms with E-state index < -0.39 is 18.3 Å².